The van der Waals surface area contributed by atoms with Gasteiger partial charge in [-0.3, -0.25) is 0 Å². The first-order valence-electron chi connectivity index (χ1n) is 10.8. The standard InChI is InChI=1S/C26H23F3N2O4/c1-25(2,24(32)33)35-22-11-4-17(5-12-22)15-34-16-18-3-6-19-14-31(30-23(19)13-18)21-9-7-20(8-10-21)26(27,28)29/h3-14H,15-16H2,1-2H3,(H,32,33). The minimum atomic E-state index is -4.38. The van der Waals surface area contributed by atoms with Crippen molar-refractivity contribution in [1.29, 1.82) is 0 Å². The molecule has 0 amide bonds. The van der Waals surface area contributed by atoms with Crippen LogP contribution >= 0.6 is 0 Å². The Morgan fingerprint density at radius 2 is 1.57 bits per heavy atom. The van der Waals surface area contributed by atoms with Crippen molar-refractivity contribution in [2.75, 3.05) is 0 Å². The van der Waals surface area contributed by atoms with E-state index in [1.807, 2.05) is 30.3 Å². The number of hydrogen-bond acceptors (Lipinski definition) is 4. The van der Waals surface area contributed by atoms with Gasteiger partial charge in [0.1, 0.15) is 5.75 Å². The fraction of sp³-hybridized carbons (Fsp3) is 0.231. The molecule has 182 valence electrons. The van der Waals surface area contributed by atoms with Crippen molar-refractivity contribution in [3.63, 3.8) is 0 Å². The molecular weight excluding hydrogens is 461 g/mol. The van der Waals surface area contributed by atoms with Gasteiger partial charge in [0.2, 0.25) is 0 Å². The molecule has 1 N–H and O–H groups in total. The highest BCUT2D eigenvalue weighted by Crippen LogP contribution is 2.30. The average molecular weight is 484 g/mol. The van der Waals surface area contributed by atoms with Gasteiger partial charge in [-0.2, -0.15) is 18.3 Å². The maximum absolute atomic E-state index is 12.8. The van der Waals surface area contributed by atoms with Crippen LogP contribution in [-0.2, 0) is 28.9 Å². The summed E-state index contributed by atoms with van der Waals surface area (Å²) < 4.78 is 51.2. The first kappa shape index (κ1) is 24.3. The molecule has 0 aliphatic rings. The number of ether oxygens (including phenoxy) is 2. The molecule has 0 aliphatic carbocycles. The number of aliphatic carboxylic acids is 1. The predicted molar refractivity (Wildman–Crippen MR) is 123 cm³/mol. The minimum Gasteiger partial charge on any atom is -0.478 e. The SMILES string of the molecule is CC(C)(Oc1ccc(COCc2ccc3cn(-c4ccc(C(F)(F)F)cc4)nc3c2)cc1)C(=O)O. The summed E-state index contributed by atoms with van der Waals surface area (Å²) in [6, 6.07) is 17.5. The van der Waals surface area contributed by atoms with E-state index in [1.54, 1.807) is 23.0 Å². The number of carboxylic acid groups (broad SMARTS) is 1. The number of rotatable bonds is 8. The van der Waals surface area contributed by atoms with Crippen LogP contribution < -0.4 is 4.74 Å². The third-order valence-electron chi connectivity index (χ3n) is 5.38. The normalized spacial score (nSPS) is 12.1. The Kier molecular flexibility index (Phi) is 6.53. The number of alkyl halides is 3. The van der Waals surface area contributed by atoms with Crippen LogP contribution in [0.4, 0.5) is 13.2 Å². The topological polar surface area (TPSA) is 73.6 Å². The number of fused-ring (bicyclic) bond motifs is 1. The second kappa shape index (κ2) is 9.42. The molecule has 0 radical (unpaired) electrons. The highest BCUT2D eigenvalue weighted by Gasteiger charge is 2.30. The van der Waals surface area contributed by atoms with E-state index in [-0.39, 0.29) is 0 Å². The summed E-state index contributed by atoms with van der Waals surface area (Å²) in [4.78, 5) is 11.2. The lowest BCUT2D eigenvalue weighted by atomic mass is 10.1. The van der Waals surface area contributed by atoms with Gasteiger partial charge in [0, 0.05) is 11.6 Å². The Morgan fingerprint density at radius 3 is 2.20 bits per heavy atom. The number of benzene rings is 3. The molecule has 0 unspecified atom stereocenters. The number of carboxylic acids is 1. The smallest absolute Gasteiger partial charge is 0.416 e. The molecular formula is C26H23F3N2O4. The van der Waals surface area contributed by atoms with Crippen LogP contribution in [0.5, 0.6) is 5.75 Å². The third kappa shape index (κ3) is 5.81. The number of aromatic nitrogens is 2. The molecule has 4 aromatic rings. The van der Waals surface area contributed by atoms with E-state index in [2.05, 4.69) is 5.10 Å². The summed E-state index contributed by atoms with van der Waals surface area (Å²) in [5, 5.41) is 14.5. The summed E-state index contributed by atoms with van der Waals surface area (Å²) in [5.41, 5.74) is 1.01. The van der Waals surface area contributed by atoms with Crippen LogP contribution in [-0.4, -0.2) is 26.5 Å². The lowest BCUT2D eigenvalue weighted by Crippen LogP contribution is -2.37. The molecule has 0 aliphatic heterocycles. The van der Waals surface area contributed by atoms with E-state index >= 15 is 0 Å². The van der Waals surface area contributed by atoms with Crippen LogP contribution in [0.2, 0.25) is 0 Å². The highest BCUT2D eigenvalue weighted by molar-refractivity contribution is 5.79. The summed E-state index contributed by atoms with van der Waals surface area (Å²) >= 11 is 0. The first-order valence-corrected chi connectivity index (χ1v) is 10.8. The number of hydrogen-bond donors (Lipinski definition) is 1. The Balaban J connectivity index is 1.37. The Labute approximate surface area is 199 Å². The maximum atomic E-state index is 12.8. The molecule has 1 heterocycles. The second-order valence-corrected chi connectivity index (χ2v) is 8.57. The zero-order valence-electron chi connectivity index (χ0n) is 19.0. The van der Waals surface area contributed by atoms with Crippen molar-refractivity contribution in [3.05, 3.63) is 89.6 Å². The zero-order chi connectivity index (χ0) is 25.2. The van der Waals surface area contributed by atoms with E-state index in [9.17, 15) is 18.0 Å². The molecule has 0 atom stereocenters. The van der Waals surface area contributed by atoms with Gasteiger partial charge in [-0.25, -0.2) is 9.48 Å². The number of carbonyl (C=O) groups is 1. The zero-order valence-corrected chi connectivity index (χ0v) is 19.0. The summed E-state index contributed by atoms with van der Waals surface area (Å²) in [5.74, 6) is -0.596. The van der Waals surface area contributed by atoms with Crippen LogP contribution in [0.3, 0.4) is 0 Å². The van der Waals surface area contributed by atoms with Crippen molar-refractivity contribution in [2.24, 2.45) is 0 Å². The number of nitrogens with zero attached hydrogens (tertiary/aromatic N) is 2. The molecule has 0 spiro atoms. The average Bonchev–Trinajstić information content (AvgIpc) is 3.23. The van der Waals surface area contributed by atoms with E-state index in [0.29, 0.717) is 30.2 Å². The molecule has 3 aromatic carbocycles. The second-order valence-electron chi connectivity index (χ2n) is 8.57. The maximum Gasteiger partial charge on any atom is 0.416 e. The summed E-state index contributed by atoms with van der Waals surface area (Å²) in [6.07, 6.45) is -2.62. The number of halogens is 3. The molecule has 35 heavy (non-hydrogen) atoms. The molecule has 9 heteroatoms. The van der Waals surface area contributed by atoms with Gasteiger partial charge in [-0.15, -0.1) is 0 Å². The van der Waals surface area contributed by atoms with Crippen molar-refractivity contribution >= 4 is 16.9 Å². The van der Waals surface area contributed by atoms with Crippen LogP contribution in [0.15, 0.2) is 72.9 Å². The molecule has 6 nitrogen and oxygen atoms in total. The highest BCUT2D eigenvalue weighted by atomic mass is 19.4. The van der Waals surface area contributed by atoms with Crippen molar-refractivity contribution in [1.82, 2.24) is 9.78 Å². The fourth-order valence-electron chi connectivity index (χ4n) is 3.37. The predicted octanol–water partition coefficient (Wildman–Crippen LogP) is 6.00. The monoisotopic (exact) mass is 484 g/mol. The van der Waals surface area contributed by atoms with E-state index in [1.165, 1.54) is 26.0 Å². The van der Waals surface area contributed by atoms with Gasteiger partial charge < -0.3 is 14.6 Å². The van der Waals surface area contributed by atoms with Gasteiger partial charge in [0.05, 0.1) is 30.0 Å². The summed E-state index contributed by atoms with van der Waals surface area (Å²) in [6.45, 7) is 3.65. The summed E-state index contributed by atoms with van der Waals surface area (Å²) in [7, 11) is 0. The quantitative estimate of drug-likeness (QED) is 0.332. The largest absolute Gasteiger partial charge is 0.478 e. The minimum absolute atomic E-state index is 0.341. The van der Waals surface area contributed by atoms with E-state index in [4.69, 9.17) is 14.6 Å². The Morgan fingerprint density at radius 1 is 0.943 bits per heavy atom. The van der Waals surface area contributed by atoms with Gasteiger partial charge in [-0.1, -0.05) is 24.3 Å². The van der Waals surface area contributed by atoms with Gasteiger partial charge in [0.25, 0.3) is 0 Å². The van der Waals surface area contributed by atoms with E-state index in [0.717, 1.165) is 28.6 Å². The first-order chi connectivity index (χ1) is 16.5. The van der Waals surface area contributed by atoms with Crippen LogP contribution in [0, 0.1) is 0 Å². The third-order valence-corrected chi connectivity index (χ3v) is 5.38. The van der Waals surface area contributed by atoms with Gasteiger partial charge in [-0.05, 0) is 67.4 Å². The van der Waals surface area contributed by atoms with Crippen molar-refractivity contribution in [2.45, 2.75) is 38.8 Å². The lowest BCUT2D eigenvalue weighted by molar-refractivity contribution is -0.152. The molecule has 0 saturated heterocycles. The van der Waals surface area contributed by atoms with Gasteiger partial charge >= 0.3 is 12.1 Å². The molecule has 4 rings (SSSR count). The Bertz CT molecular complexity index is 1330. The van der Waals surface area contributed by atoms with Crippen molar-refractivity contribution in [3.8, 4) is 11.4 Å². The lowest BCUT2D eigenvalue weighted by Gasteiger charge is -2.21. The van der Waals surface area contributed by atoms with E-state index < -0.39 is 23.3 Å². The van der Waals surface area contributed by atoms with Gasteiger partial charge in [0.15, 0.2) is 5.60 Å². The van der Waals surface area contributed by atoms with Crippen LogP contribution in [0.1, 0.15) is 30.5 Å². The van der Waals surface area contributed by atoms with Crippen molar-refractivity contribution < 1.29 is 32.5 Å². The molecule has 0 fully saturated rings. The Hall–Kier alpha value is -3.85. The molecule has 0 saturated carbocycles. The molecule has 0 bridgehead atoms. The fourth-order valence-corrected chi connectivity index (χ4v) is 3.37. The molecule has 1 aromatic heterocycles. The van der Waals surface area contributed by atoms with Crippen LogP contribution in [0.25, 0.3) is 16.6 Å².